The molecule has 5 aliphatic carbocycles. The van der Waals surface area contributed by atoms with E-state index in [0.29, 0.717) is 24.2 Å². The van der Waals surface area contributed by atoms with E-state index in [9.17, 15) is 20.0 Å². The van der Waals surface area contributed by atoms with E-state index in [2.05, 4.69) is 6.07 Å². The summed E-state index contributed by atoms with van der Waals surface area (Å²) < 4.78 is 6.21. The van der Waals surface area contributed by atoms with Gasteiger partial charge in [0, 0.05) is 6.04 Å². The van der Waals surface area contributed by atoms with E-state index in [-0.39, 0.29) is 23.4 Å². The number of fused-ring (bicyclic) bond motifs is 1. The summed E-state index contributed by atoms with van der Waals surface area (Å²) in [6.45, 7) is 1.61. The van der Waals surface area contributed by atoms with Crippen molar-refractivity contribution in [3.63, 3.8) is 0 Å². The molecule has 1 heterocycles. The molecule has 0 aromatic heterocycles. The summed E-state index contributed by atoms with van der Waals surface area (Å²) >= 11 is 0. The smallest absolute Gasteiger partial charge is 0.326 e. The van der Waals surface area contributed by atoms with Crippen LogP contribution < -0.4 is 5.73 Å². The van der Waals surface area contributed by atoms with Crippen LogP contribution in [0.1, 0.15) is 58.3 Å². The highest BCUT2D eigenvalue weighted by atomic mass is 16.6. The van der Waals surface area contributed by atoms with Gasteiger partial charge >= 0.3 is 5.97 Å². The first-order valence-corrected chi connectivity index (χ1v) is 12.1. The Kier molecular flexibility index (Phi) is 5.12. The number of hydrogen-bond donors (Lipinski definition) is 2. The zero-order valence-corrected chi connectivity index (χ0v) is 19.4. The molecule has 1 amide bonds. The molecule has 6 fully saturated rings. The first-order valence-electron chi connectivity index (χ1n) is 12.1. The first-order chi connectivity index (χ1) is 15.1. The minimum atomic E-state index is -0.839. The fourth-order valence-electron chi connectivity index (χ4n) is 8.16. The van der Waals surface area contributed by atoms with Crippen LogP contribution in [0, 0.1) is 34.5 Å². The number of amides is 1. The molecule has 4 bridgehead atoms. The Morgan fingerprint density at radius 2 is 1.84 bits per heavy atom. The van der Waals surface area contributed by atoms with Gasteiger partial charge in [-0.3, -0.25) is 14.5 Å². The molecule has 3 N–H and O–H groups in total. The molecule has 176 valence electrons. The molecule has 0 spiro atoms. The predicted molar refractivity (Wildman–Crippen MR) is 116 cm³/mol. The molecule has 0 radical (unpaired) electrons. The van der Waals surface area contributed by atoms with Crippen molar-refractivity contribution in [1.82, 2.24) is 9.80 Å². The van der Waals surface area contributed by atoms with Gasteiger partial charge in [0.2, 0.25) is 5.91 Å². The minimum absolute atomic E-state index is 0.0832. The number of nitrogens with two attached hydrogens (primary N) is 1. The van der Waals surface area contributed by atoms with Crippen molar-refractivity contribution in [2.24, 2.45) is 28.9 Å². The summed E-state index contributed by atoms with van der Waals surface area (Å²) in [5, 5.41) is 19.7. The summed E-state index contributed by atoms with van der Waals surface area (Å²) in [5.74, 6) is 0.771. The zero-order chi connectivity index (χ0) is 23.0. The summed E-state index contributed by atoms with van der Waals surface area (Å²) in [4.78, 5) is 30.1. The maximum Gasteiger partial charge on any atom is 0.326 e. The lowest BCUT2D eigenvalue weighted by molar-refractivity contribution is -0.211. The van der Waals surface area contributed by atoms with Gasteiger partial charge in [-0.25, -0.2) is 0 Å². The van der Waals surface area contributed by atoms with Gasteiger partial charge < -0.3 is 20.5 Å². The second kappa shape index (κ2) is 7.41. The number of nitrogens with zero attached hydrogens (tertiary/aromatic N) is 3. The standard InChI is InChI=1S/C24H36N4O4/c1-13(29)19(27(2)3)22(31)32-24-9-14-4-15(10-24)8-23(7-14,12-24)20(26)21(30)28-17(11-25)5-16-6-18(16)28/h13-20,29H,4-10,12,26H2,1-3H3/t13?,14-,15?,16?,17-,18?,19-,20+,23?,24?/m0/s1. The molecule has 6 unspecified atom stereocenters. The lowest BCUT2D eigenvalue weighted by Crippen LogP contribution is -2.66. The number of nitriles is 1. The molecular formula is C24H36N4O4. The molecule has 10 atom stereocenters. The third-order valence-electron chi connectivity index (χ3n) is 9.06. The average molecular weight is 445 g/mol. The van der Waals surface area contributed by atoms with Gasteiger partial charge in [-0.2, -0.15) is 5.26 Å². The van der Waals surface area contributed by atoms with Crippen LogP contribution in [0.4, 0.5) is 0 Å². The van der Waals surface area contributed by atoms with Crippen LogP contribution in [0.2, 0.25) is 0 Å². The van der Waals surface area contributed by atoms with Gasteiger partial charge in [-0.1, -0.05) is 0 Å². The van der Waals surface area contributed by atoms with Crippen LogP contribution in [-0.4, -0.2) is 76.8 Å². The van der Waals surface area contributed by atoms with E-state index in [1.54, 1.807) is 30.8 Å². The number of carbonyl (C=O) groups excluding carboxylic acids is 2. The Hall–Kier alpha value is -1.69. The Morgan fingerprint density at radius 3 is 2.41 bits per heavy atom. The van der Waals surface area contributed by atoms with Crippen molar-refractivity contribution in [3.8, 4) is 6.07 Å². The van der Waals surface area contributed by atoms with E-state index in [4.69, 9.17) is 10.5 Å². The number of aliphatic hydroxyl groups is 1. The van der Waals surface area contributed by atoms with Crippen LogP contribution in [0.5, 0.6) is 0 Å². The van der Waals surface area contributed by atoms with Gasteiger partial charge in [-0.05, 0) is 95.6 Å². The Labute approximate surface area is 190 Å². The minimum Gasteiger partial charge on any atom is -0.458 e. The number of piperidine rings is 1. The highest BCUT2D eigenvalue weighted by molar-refractivity contribution is 5.84. The van der Waals surface area contributed by atoms with Crippen molar-refractivity contribution in [2.45, 2.75) is 94.2 Å². The normalized spacial score (nSPS) is 44.0. The number of hydrogen-bond acceptors (Lipinski definition) is 7. The molecule has 8 nitrogen and oxygen atoms in total. The quantitative estimate of drug-likeness (QED) is 0.587. The summed E-state index contributed by atoms with van der Waals surface area (Å²) in [6, 6.07) is 0.749. The maximum atomic E-state index is 13.6. The second-order valence-electron chi connectivity index (χ2n) is 11.7. The monoisotopic (exact) mass is 444 g/mol. The van der Waals surface area contributed by atoms with Crippen molar-refractivity contribution in [1.29, 1.82) is 5.26 Å². The van der Waals surface area contributed by atoms with Gasteiger partial charge in [0.1, 0.15) is 17.7 Å². The van der Waals surface area contributed by atoms with Crippen molar-refractivity contribution >= 4 is 11.9 Å². The van der Waals surface area contributed by atoms with Crippen LogP contribution in [0.25, 0.3) is 0 Å². The molecule has 6 aliphatic rings. The molecule has 6 rings (SSSR count). The zero-order valence-electron chi connectivity index (χ0n) is 19.4. The lowest BCUT2D eigenvalue weighted by Gasteiger charge is -2.62. The number of ether oxygens (including phenoxy) is 1. The van der Waals surface area contributed by atoms with Gasteiger partial charge in [-0.15, -0.1) is 0 Å². The van der Waals surface area contributed by atoms with E-state index in [1.807, 2.05) is 0 Å². The van der Waals surface area contributed by atoms with Crippen molar-refractivity contribution < 1.29 is 19.4 Å². The number of carbonyl (C=O) groups is 2. The lowest BCUT2D eigenvalue weighted by atomic mass is 9.46. The molecule has 8 heteroatoms. The fraction of sp³-hybridized carbons (Fsp3) is 0.875. The van der Waals surface area contributed by atoms with Gasteiger partial charge in [0.05, 0.1) is 18.2 Å². The molecular weight excluding hydrogens is 408 g/mol. The maximum absolute atomic E-state index is 13.6. The number of likely N-dealkylation sites (tertiary alicyclic amines) is 1. The van der Waals surface area contributed by atoms with E-state index < -0.39 is 29.8 Å². The Morgan fingerprint density at radius 1 is 1.19 bits per heavy atom. The second-order valence-corrected chi connectivity index (χ2v) is 11.7. The van der Waals surface area contributed by atoms with Crippen LogP contribution in [-0.2, 0) is 14.3 Å². The molecule has 1 saturated heterocycles. The first kappa shape index (κ1) is 22.1. The predicted octanol–water partition coefficient (Wildman–Crippen LogP) is 1.02. The highest BCUT2D eigenvalue weighted by Gasteiger charge is 2.64. The molecule has 5 saturated carbocycles. The topological polar surface area (TPSA) is 120 Å². The van der Waals surface area contributed by atoms with Gasteiger partial charge in [0.25, 0.3) is 0 Å². The van der Waals surface area contributed by atoms with Crippen molar-refractivity contribution in [3.05, 3.63) is 0 Å². The molecule has 32 heavy (non-hydrogen) atoms. The summed E-state index contributed by atoms with van der Waals surface area (Å²) in [5.41, 5.74) is 5.76. The van der Waals surface area contributed by atoms with E-state index >= 15 is 0 Å². The number of esters is 1. The number of aliphatic hydroxyl groups excluding tert-OH is 1. The third kappa shape index (κ3) is 3.36. The Bertz CT molecular complexity index is 829. The van der Waals surface area contributed by atoms with E-state index in [1.165, 1.54) is 0 Å². The third-order valence-corrected chi connectivity index (χ3v) is 9.06. The van der Waals surface area contributed by atoms with E-state index in [0.717, 1.165) is 44.9 Å². The number of likely N-dealkylation sites (N-methyl/N-ethyl adjacent to an activating group) is 1. The molecule has 1 aliphatic heterocycles. The fourth-order valence-corrected chi connectivity index (χ4v) is 8.16. The molecule has 0 aromatic carbocycles. The highest BCUT2D eigenvalue weighted by Crippen LogP contribution is 2.64. The van der Waals surface area contributed by atoms with Crippen LogP contribution >= 0.6 is 0 Å². The largest absolute Gasteiger partial charge is 0.458 e. The summed E-state index contributed by atoms with van der Waals surface area (Å²) in [7, 11) is 3.53. The SMILES string of the molecule is CC(O)[C@@H](C(=O)OC12CC3C[C@H](C1)CC([C@H](N)C(=O)N1C4CC4C[C@H]1C#N)(C3)C2)N(C)C. The van der Waals surface area contributed by atoms with Gasteiger partial charge in [0.15, 0.2) is 0 Å². The number of rotatable bonds is 6. The average Bonchev–Trinajstić information content (AvgIpc) is 3.34. The summed E-state index contributed by atoms with van der Waals surface area (Å²) in [6.07, 6.45) is 6.03. The molecule has 0 aromatic rings. The van der Waals surface area contributed by atoms with Crippen LogP contribution in [0.3, 0.4) is 0 Å². The Balaban J connectivity index is 1.38. The van der Waals surface area contributed by atoms with Crippen LogP contribution in [0.15, 0.2) is 0 Å². The van der Waals surface area contributed by atoms with Crippen molar-refractivity contribution in [2.75, 3.05) is 14.1 Å².